The molecule has 0 aromatic carbocycles. The lowest BCUT2D eigenvalue weighted by molar-refractivity contribution is 0.0683. The molecule has 5 nitrogen and oxygen atoms in total. The van der Waals surface area contributed by atoms with Gasteiger partial charge in [-0.2, -0.15) is 4.98 Å². The molecule has 2 rings (SSSR count). The van der Waals surface area contributed by atoms with E-state index in [0.717, 1.165) is 9.88 Å². The molecular formula is C10H13N3O2S. The van der Waals surface area contributed by atoms with Crippen LogP contribution in [0.5, 0.6) is 0 Å². The highest BCUT2D eigenvalue weighted by Crippen LogP contribution is 2.29. The Morgan fingerprint density at radius 1 is 1.56 bits per heavy atom. The van der Waals surface area contributed by atoms with E-state index in [9.17, 15) is 0 Å². The zero-order valence-corrected chi connectivity index (χ0v) is 9.95. The zero-order valence-electron chi connectivity index (χ0n) is 9.14. The Morgan fingerprint density at radius 2 is 2.38 bits per heavy atom. The smallest absolute Gasteiger partial charge is 0.268 e. The van der Waals surface area contributed by atoms with Crippen LogP contribution in [-0.2, 0) is 4.74 Å². The van der Waals surface area contributed by atoms with Crippen LogP contribution in [0.4, 0.5) is 5.00 Å². The number of hydrogen-bond donors (Lipinski definition) is 1. The maximum atomic E-state index is 5.63. The first-order chi connectivity index (χ1) is 7.70. The molecule has 2 aromatic heterocycles. The number of aromatic nitrogens is 2. The van der Waals surface area contributed by atoms with Gasteiger partial charge in [-0.3, -0.25) is 0 Å². The fourth-order valence-corrected chi connectivity index (χ4v) is 1.99. The molecule has 0 amide bonds. The second-order valence-electron chi connectivity index (χ2n) is 3.26. The van der Waals surface area contributed by atoms with Crippen molar-refractivity contribution in [2.45, 2.75) is 20.0 Å². The molecule has 0 fully saturated rings. The van der Waals surface area contributed by atoms with Crippen molar-refractivity contribution in [3.8, 4) is 10.8 Å². The minimum absolute atomic E-state index is 0.153. The van der Waals surface area contributed by atoms with Crippen LogP contribution < -0.4 is 5.73 Å². The summed E-state index contributed by atoms with van der Waals surface area (Å²) in [5.74, 6) is 1.05. The number of ether oxygens (including phenoxy) is 1. The van der Waals surface area contributed by atoms with E-state index in [4.69, 9.17) is 15.0 Å². The van der Waals surface area contributed by atoms with Crippen LogP contribution in [-0.4, -0.2) is 16.7 Å². The number of hydrogen-bond acceptors (Lipinski definition) is 6. The van der Waals surface area contributed by atoms with Crippen molar-refractivity contribution in [3.05, 3.63) is 18.0 Å². The van der Waals surface area contributed by atoms with Crippen LogP contribution in [0.1, 0.15) is 25.8 Å². The largest absolute Gasteiger partial charge is 0.391 e. The van der Waals surface area contributed by atoms with Gasteiger partial charge in [0.15, 0.2) is 0 Å². The third kappa shape index (κ3) is 2.23. The van der Waals surface area contributed by atoms with Gasteiger partial charge in [0.25, 0.3) is 5.89 Å². The quantitative estimate of drug-likeness (QED) is 0.887. The molecule has 0 aliphatic carbocycles. The average Bonchev–Trinajstić information content (AvgIpc) is 2.85. The molecule has 1 atom stereocenters. The van der Waals surface area contributed by atoms with Gasteiger partial charge in [-0.25, -0.2) is 0 Å². The Morgan fingerprint density at radius 3 is 3.00 bits per heavy atom. The third-order valence-electron chi connectivity index (χ3n) is 2.06. The molecule has 0 aliphatic rings. The van der Waals surface area contributed by atoms with Gasteiger partial charge in [-0.1, -0.05) is 5.16 Å². The van der Waals surface area contributed by atoms with E-state index in [1.165, 1.54) is 11.3 Å². The Labute approximate surface area is 97.2 Å². The van der Waals surface area contributed by atoms with Crippen molar-refractivity contribution in [2.24, 2.45) is 0 Å². The third-order valence-corrected chi connectivity index (χ3v) is 2.96. The first kappa shape index (κ1) is 11.1. The second kappa shape index (κ2) is 4.63. The van der Waals surface area contributed by atoms with Gasteiger partial charge in [-0.15, -0.1) is 11.3 Å². The van der Waals surface area contributed by atoms with E-state index in [-0.39, 0.29) is 6.10 Å². The monoisotopic (exact) mass is 239 g/mol. The molecule has 0 saturated carbocycles. The Hall–Kier alpha value is -1.40. The molecule has 0 saturated heterocycles. The van der Waals surface area contributed by atoms with Crippen LogP contribution >= 0.6 is 11.3 Å². The lowest BCUT2D eigenvalue weighted by Crippen LogP contribution is -2.01. The van der Waals surface area contributed by atoms with Crippen molar-refractivity contribution in [2.75, 3.05) is 12.3 Å². The second-order valence-corrected chi connectivity index (χ2v) is 4.37. The van der Waals surface area contributed by atoms with Crippen LogP contribution in [0, 0.1) is 0 Å². The topological polar surface area (TPSA) is 74.2 Å². The van der Waals surface area contributed by atoms with Crippen LogP contribution in [0.25, 0.3) is 10.8 Å². The summed E-state index contributed by atoms with van der Waals surface area (Å²) >= 11 is 1.42. The normalized spacial score (nSPS) is 12.9. The molecule has 0 radical (unpaired) electrons. The molecule has 86 valence electrons. The van der Waals surface area contributed by atoms with E-state index < -0.39 is 0 Å². The van der Waals surface area contributed by atoms with Crippen molar-refractivity contribution in [1.82, 2.24) is 10.1 Å². The summed E-state index contributed by atoms with van der Waals surface area (Å²) in [5, 5.41) is 4.60. The van der Waals surface area contributed by atoms with E-state index in [2.05, 4.69) is 10.1 Å². The van der Waals surface area contributed by atoms with Crippen LogP contribution in [0.2, 0.25) is 0 Å². The number of nitrogens with zero attached hydrogens (tertiary/aromatic N) is 2. The number of thiophene rings is 1. The minimum Gasteiger partial charge on any atom is -0.391 e. The summed E-state index contributed by atoms with van der Waals surface area (Å²) in [7, 11) is 0. The maximum absolute atomic E-state index is 5.63. The fourth-order valence-electron chi connectivity index (χ4n) is 1.29. The Kier molecular flexibility index (Phi) is 3.21. The molecule has 2 heterocycles. The van der Waals surface area contributed by atoms with Crippen molar-refractivity contribution in [1.29, 1.82) is 0 Å². The standard InChI is InChI=1S/C10H13N3O2S/c1-3-14-6(2)9-12-10(15-13-9)7-4-5-8(11)16-7/h4-6H,3,11H2,1-2H3. The van der Waals surface area contributed by atoms with E-state index in [1.54, 1.807) is 0 Å². The molecule has 2 N–H and O–H groups in total. The molecular weight excluding hydrogens is 226 g/mol. The van der Waals surface area contributed by atoms with Gasteiger partial charge in [-0.05, 0) is 26.0 Å². The Balaban J connectivity index is 2.19. The van der Waals surface area contributed by atoms with Crippen molar-refractivity contribution in [3.63, 3.8) is 0 Å². The summed E-state index contributed by atoms with van der Waals surface area (Å²) < 4.78 is 10.5. The van der Waals surface area contributed by atoms with E-state index in [0.29, 0.717) is 18.3 Å². The summed E-state index contributed by atoms with van der Waals surface area (Å²) in [5.41, 5.74) is 5.63. The highest BCUT2D eigenvalue weighted by molar-refractivity contribution is 7.19. The molecule has 16 heavy (non-hydrogen) atoms. The SMILES string of the molecule is CCOC(C)c1noc(-c2ccc(N)s2)n1. The van der Waals surface area contributed by atoms with Gasteiger partial charge in [0, 0.05) is 6.61 Å². The van der Waals surface area contributed by atoms with Crippen molar-refractivity contribution >= 4 is 16.3 Å². The number of rotatable bonds is 4. The van der Waals surface area contributed by atoms with E-state index >= 15 is 0 Å². The molecule has 0 aliphatic heterocycles. The molecule has 0 bridgehead atoms. The molecule has 2 aromatic rings. The van der Waals surface area contributed by atoms with Crippen molar-refractivity contribution < 1.29 is 9.26 Å². The molecule has 1 unspecified atom stereocenters. The van der Waals surface area contributed by atoms with Gasteiger partial charge in [0.1, 0.15) is 6.10 Å². The highest BCUT2D eigenvalue weighted by Gasteiger charge is 2.15. The lowest BCUT2D eigenvalue weighted by atomic mass is 10.4. The number of nitrogens with two attached hydrogens (primary N) is 1. The number of anilines is 1. The van der Waals surface area contributed by atoms with E-state index in [1.807, 2.05) is 26.0 Å². The zero-order chi connectivity index (χ0) is 11.5. The summed E-state index contributed by atoms with van der Waals surface area (Å²) in [6.45, 7) is 4.44. The summed E-state index contributed by atoms with van der Waals surface area (Å²) in [6, 6.07) is 3.68. The first-order valence-electron chi connectivity index (χ1n) is 5.01. The molecule has 0 spiro atoms. The lowest BCUT2D eigenvalue weighted by Gasteiger charge is -2.04. The first-order valence-corrected chi connectivity index (χ1v) is 5.83. The Bertz CT molecular complexity index is 466. The highest BCUT2D eigenvalue weighted by atomic mass is 32.1. The van der Waals surface area contributed by atoms with Gasteiger partial charge in [0.05, 0.1) is 9.88 Å². The van der Waals surface area contributed by atoms with Crippen LogP contribution in [0.3, 0.4) is 0 Å². The predicted molar refractivity (Wildman–Crippen MR) is 62.1 cm³/mol. The van der Waals surface area contributed by atoms with Gasteiger partial charge in [0.2, 0.25) is 5.82 Å². The van der Waals surface area contributed by atoms with Gasteiger partial charge < -0.3 is 15.0 Å². The predicted octanol–water partition coefficient (Wildman–Crippen LogP) is 2.48. The van der Waals surface area contributed by atoms with Crippen LogP contribution in [0.15, 0.2) is 16.7 Å². The summed E-state index contributed by atoms with van der Waals surface area (Å²) in [4.78, 5) is 5.14. The van der Waals surface area contributed by atoms with Gasteiger partial charge >= 0.3 is 0 Å². The molecule has 6 heteroatoms. The summed E-state index contributed by atoms with van der Waals surface area (Å²) in [6.07, 6.45) is -0.153. The minimum atomic E-state index is -0.153. The number of nitrogen functional groups attached to an aromatic ring is 1. The average molecular weight is 239 g/mol. The fraction of sp³-hybridized carbons (Fsp3) is 0.400. The maximum Gasteiger partial charge on any atom is 0.268 e.